The Labute approximate surface area is 146 Å². The number of aromatic hydroxyl groups is 1. The van der Waals surface area contributed by atoms with Crippen LogP contribution in [-0.4, -0.2) is 20.9 Å². The number of halogens is 1. The summed E-state index contributed by atoms with van der Waals surface area (Å²) >= 11 is 0. The molecule has 7 heteroatoms. The molecule has 1 aromatic heterocycles. The smallest absolute Gasteiger partial charge is 0.320 e. The number of carbonyl (C=O) groups excluding carboxylic acids is 1. The van der Waals surface area contributed by atoms with Crippen molar-refractivity contribution < 1.29 is 14.3 Å². The first kappa shape index (κ1) is 17.3. The fraction of sp³-hybridized carbons (Fsp3) is 0.444. The molecule has 0 aliphatic heterocycles. The van der Waals surface area contributed by atoms with E-state index in [0.29, 0.717) is 11.9 Å². The third kappa shape index (κ3) is 4.10. The van der Waals surface area contributed by atoms with Crippen LogP contribution in [0.2, 0.25) is 0 Å². The Morgan fingerprint density at radius 2 is 2.12 bits per heavy atom. The van der Waals surface area contributed by atoms with Crippen molar-refractivity contribution in [1.82, 2.24) is 15.1 Å². The summed E-state index contributed by atoms with van der Waals surface area (Å²) in [5.74, 6) is -0.270. The molecule has 1 saturated carbocycles. The number of aryl methyl sites for hydroxylation is 1. The Balaban J connectivity index is 1.59. The Morgan fingerprint density at radius 3 is 2.84 bits per heavy atom. The third-order valence-corrected chi connectivity index (χ3v) is 4.60. The Hall–Kier alpha value is -2.57. The van der Waals surface area contributed by atoms with Gasteiger partial charge in [-0.1, -0.05) is 25.3 Å². The number of aromatic nitrogens is 2. The topological polar surface area (TPSA) is 79.2 Å². The molecule has 0 spiro atoms. The lowest BCUT2D eigenvalue weighted by atomic mass is 9.95. The monoisotopic (exact) mass is 346 g/mol. The minimum absolute atomic E-state index is 0.0570. The summed E-state index contributed by atoms with van der Waals surface area (Å²) in [4.78, 5) is 12.0. The Morgan fingerprint density at radius 1 is 1.36 bits per heavy atom. The molecule has 0 unspecified atom stereocenters. The number of phenolic OH excluding ortho intramolecular Hbond substituents is 1. The van der Waals surface area contributed by atoms with E-state index in [1.807, 2.05) is 17.7 Å². The van der Waals surface area contributed by atoms with Crippen LogP contribution in [0, 0.1) is 12.7 Å². The van der Waals surface area contributed by atoms with Gasteiger partial charge in [-0.15, -0.1) is 0 Å². The number of carbonyl (C=O) groups is 1. The van der Waals surface area contributed by atoms with Crippen LogP contribution in [0.15, 0.2) is 24.3 Å². The zero-order chi connectivity index (χ0) is 17.8. The van der Waals surface area contributed by atoms with Gasteiger partial charge < -0.3 is 10.4 Å². The van der Waals surface area contributed by atoms with E-state index in [4.69, 9.17) is 0 Å². The van der Waals surface area contributed by atoms with Crippen molar-refractivity contribution in [3.63, 3.8) is 0 Å². The van der Waals surface area contributed by atoms with Crippen LogP contribution in [0.5, 0.6) is 5.75 Å². The second kappa shape index (κ2) is 7.55. The maximum absolute atomic E-state index is 13.6. The van der Waals surface area contributed by atoms with Gasteiger partial charge in [-0.3, -0.25) is 10.00 Å². The first-order valence-corrected chi connectivity index (χ1v) is 8.62. The van der Waals surface area contributed by atoms with Crippen LogP contribution in [0.1, 0.15) is 49.4 Å². The molecule has 1 fully saturated rings. The third-order valence-electron chi connectivity index (χ3n) is 4.60. The zero-order valence-corrected chi connectivity index (χ0v) is 14.3. The predicted octanol–water partition coefficient (Wildman–Crippen LogP) is 3.86. The lowest BCUT2D eigenvalue weighted by molar-refractivity contribution is 0.251. The Bertz CT molecular complexity index is 733. The van der Waals surface area contributed by atoms with Gasteiger partial charge in [-0.05, 0) is 31.9 Å². The van der Waals surface area contributed by atoms with Crippen molar-refractivity contribution in [1.29, 1.82) is 0 Å². The highest BCUT2D eigenvalue weighted by Gasteiger charge is 2.19. The van der Waals surface area contributed by atoms with Gasteiger partial charge in [-0.25, -0.2) is 9.18 Å². The second-order valence-electron chi connectivity index (χ2n) is 6.45. The summed E-state index contributed by atoms with van der Waals surface area (Å²) in [6, 6.07) is 5.76. The molecular formula is C18H23FN4O2. The maximum Gasteiger partial charge on any atom is 0.320 e. The average Bonchev–Trinajstić information content (AvgIpc) is 2.95. The van der Waals surface area contributed by atoms with Crippen LogP contribution in [0.4, 0.5) is 15.0 Å². The molecule has 6 nitrogen and oxygen atoms in total. The highest BCUT2D eigenvalue weighted by atomic mass is 19.1. The molecule has 25 heavy (non-hydrogen) atoms. The summed E-state index contributed by atoms with van der Waals surface area (Å²) in [5, 5.41) is 19.3. The van der Waals surface area contributed by atoms with E-state index >= 15 is 0 Å². The number of nitrogens with one attached hydrogen (secondary N) is 2. The number of phenols is 1. The molecule has 0 radical (unpaired) electrons. The molecule has 2 aromatic rings. The van der Waals surface area contributed by atoms with Crippen molar-refractivity contribution in [3.8, 4) is 5.75 Å². The van der Waals surface area contributed by atoms with Gasteiger partial charge >= 0.3 is 6.03 Å². The van der Waals surface area contributed by atoms with E-state index in [1.165, 1.54) is 37.5 Å². The quantitative estimate of drug-likeness (QED) is 0.786. The molecule has 3 N–H and O–H groups in total. The molecule has 2 amide bonds. The van der Waals surface area contributed by atoms with Crippen molar-refractivity contribution in [2.75, 3.05) is 5.32 Å². The van der Waals surface area contributed by atoms with Crippen molar-refractivity contribution in [2.45, 2.75) is 51.6 Å². The molecule has 3 rings (SSSR count). The summed E-state index contributed by atoms with van der Waals surface area (Å²) < 4.78 is 15.6. The number of nitrogens with zero attached hydrogens (tertiary/aromatic N) is 2. The predicted molar refractivity (Wildman–Crippen MR) is 93.0 cm³/mol. The van der Waals surface area contributed by atoms with E-state index < -0.39 is 11.8 Å². The number of amides is 2. The van der Waals surface area contributed by atoms with Gasteiger partial charge in [0.05, 0.1) is 12.6 Å². The van der Waals surface area contributed by atoms with Crippen LogP contribution in [0.25, 0.3) is 0 Å². The first-order chi connectivity index (χ1) is 12.0. The number of hydrogen-bond acceptors (Lipinski definition) is 3. The lowest BCUT2D eigenvalue weighted by Gasteiger charge is -2.23. The van der Waals surface area contributed by atoms with Gasteiger partial charge in [0, 0.05) is 17.3 Å². The normalized spacial score (nSPS) is 15.1. The molecule has 1 heterocycles. The van der Waals surface area contributed by atoms with Crippen LogP contribution < -0.4 is 10.6 Å². The number of hydrogen-bond donors (Lipinski definition) is 3. The minimum Gasteiger partial charge on any atom is -0.507 e. The average molecular weight is 346 g/mol. The van der Waals surface area contributed by atoms with Crippen LogP contribution in [0.3, 0.4) is 0 Å². The number of rotatable bonds is 4. The van der Waals surface area contributed by atoms with Gasteiger partial charge in [0.25, 0.3) is 0 Å². The minimum atomic E-state index is -0.558. The van der Waals surface area contributed by atoms with Crippen molar-refractivity contribution in [3.05, 3.63) is 41.3 Å². The molecule has 1 aliphatic carbocycles. The highest BCUT2D eigenvalue weighted by molar-refractivity contribution is 5.88. The molecular weight excluding hydrogens is 323 g/mol. The van der Waals surface area contributed by atoms with E-state index in [2.05, 4.69) is 15.7 Å². The van der Waals surface area contributed by atoms with Crippen LogP contribution in [-0.2, 0) is 6.54 Å². The summed E-state index contributed by atoms with van der Waals surface area (Å²) in [6.45, 7) is 1.87. The van der Waals surface area contributed by atoms with E-state index in [1.54, 1.807) is 0 Å². The second-order valence-corrected chi connectivity index (χ2v) is 6.45. The lowest BCUT2D eigenvalue weighted by Crippen LogP contribution is -2.28. The van der Waals surface area contributed by atoms with Gasteiger partial charge in [0.2, 0.25) is 0 Å². The fourth-order valence-electron chi connectivity index (χ4n) is 3.30. The molecule has 1 aromatic carbocycles. The Kier molecular flexibility index (Phi) is 5.21. The van der Waals surface area contributed by atoms with Crippen molar-refractivity contribution >= 4 is 11.8 Å². The fourth-order valence-corrected chi connectivity index (χ4v) is 3.30. The van der Waals surface area contributed by atoms with Gasteiger partial charge in [0.15, 0.2) is 5.82 Å². The van der Waals surface area contributed by atoms with Gasteiger partial charge in [-0.2, -0.15) is 5.10 Å². The van der Waals surface area contributed by atoms with E-state index in [0.717, 1.165) is 18.5 Å². The summed E-state index contributed by atoms with van der Waals surface area (Å²) in [5.41, 5.74) is 1.07. The number of anilines is 1. The molecule has 0 atom stereocenters. The standard InChI is InChI=1S/C18H23FN4O2/c1-12-10-17(22-23(12)13-6-3-2-4-7-13)21-18(25)20-11-14-15(19)8-5-9-16(14)24/h5,8-10,13,24H,2-4,6-7,11H2,1H3,(H2,20,21,22,25). The van der Waals surface area contributed by atoms with E-state index in [-0.39, 0.29) is 17.9 Å². The van der Waals surface area contributed by atoms with E-state index in [9.17, 15) is 14.3 Å². The number of benzene rings is 1. The maximum atomic E-state index is 13.6. The zero-order valence-electron chi connectivity index (χ0n) is 14.3. The van der Waals surface area contributed by atoms with Crippen molar-refractivity contribution in [2.24, 2.45) is 0 Å². The van der Waals surface area contributed by atoms with Gasteiger partial charge in [0.1, 0.15) is 11.6 Å². The molecule has 0 saturated heterocycles. The number of urea groups is 1. The SMILES string of the molecule is Cc1cc(NC(=O)NCc2c(O)cccc2F)nn1C1CCCCC1. The highest BCUT2D eigenvalue weighted by Crippen LogP contribution is 2.29. The summed E-state index contributed by atoms with van der Waals surface area (Å²) in [7, 11) is 0. The van der Waals surface area contributed by atoms with Crippen LogP contribution >= 0.6 is 0 Å². The largest absolute Gasteiger partial charge is 0.507 e. The molecule has 1 aliphatic rings. The summed E-state index contributed by atoms with van der Waals surface area (Å²) in [6.07, 6.45) is 5.91. The molecule has 0 bridgehead atoms. The first-order valence-electron chi connectivity index (χ1n) is 8.62. The molecule has 134 valence electrons.